The average molecular weight is 281 g/mol. The lowest BCUT2D eigenvalue weighted by Crippen LogP contribution is -2.37. The molecule has 2 N–H and O–H groups in total. The molecule has 1 rings (SSSR count). The largest absolute Gasteiger partial charge is 0.502 e. The molecule has 0 unspecified atom stereocenters. The highest BCUT2D eigenvalue weighted by molar-refractivity contribution is 5.97. The first-order chi connectivity index (χ1) is 9.36. The van der Waals surface area contributed by atoms with Crippen LogP contribution in [0.5, 0.6) is 5.75 Å². The van der Waals surface area contributed by atoms with Crippen molar-refractivity contribution in [1.82, 2.24) is 10.2 Å². The van der Waals surface area contributed by atoms with Gasteiger partial charge in [0.25, 0.3) is 5.91 Å². The molecule has 0 heterocycles. The summed E-state index contributed by atoms with van der Waals surface area (Å²) in [6.45, 7) is 2.14. The molecule has 108 valence electrons. The minimum absolute atomic E-state index is 0.0417. The molecule has 0 aromatic heterocycles. The third-order valence-electron chi connectivity index (χ3n) is 2.73. The number of nitro benzene ring substituents is 1. The van der Waals surface area contributed by atoms with Crippen molar-refractivity contribution in [2.75, 3.05) is 20.1 Å². The van der Waals surface area contributed by atoms with Crippen molar-refractivity contribution in [3.05, 3.63) is 33.9 Å². The normalized spacial score (nSPS) is 9.90. The number of phenols is 1. The van der Waals surface area contributed by atoms with Crippen molar-refractivity contribution >= 4 is 17.5 Å². The van der Waals surface area contributed by atoms with E-state index in [0.29, 0.717) is 6.54 Å². The molecule has 1 aromatic carbocycles. The summed E-state index contributed by atoms with van der Waals surface area (Å²) in [6, 6.07) is 3.23. The molecule has 0 saturated heterocycles. The summed E-state index contributed by atoms with van der Waals surface area (Å²) in [4.78, 5) is 34.4. The SMILES string of the molecule is CCN(C)C(=O)CNC(=O)c1ccc([N+](=O)[O-])c(O)c1. The number of hydrogen-bond acceptors (Lipinski definition) is 5. The van der Waals surface area contributed by atoms with E-state index in [0.717, 1.165) is 12.1 Å². The lowest BCUT2D eigenvalue weighted by molar-refractivity contribution is -0.385. The minimum atomic E-state index is -0.753. The third kappa shape index (κ3) is 3.67. The van der Waals surface area contributed by atoms with Gasteiger partial charge in [0.1, 0.15) is 0 Å². The van der Waals surface area contributed by atoms with Crippen LogP contribution in [-0.2, 0) is 4.79 Å². The number of nitrogens with zero attached hydrogens (tertiary/aromatic N) is 2. The topological polar surface area (TPSA) is 113 Å². The second kappa shape index (κ2) is 6.50. The number of benzene rings is 1. The van der Waals surface area contributed by atoms with E-state index in [2.05, 4.69) is 5.32 Å². The van der Waals surface area contributed by atoms with Gasteiger partial charge in [-0.3, -0.25) is 19.7 Å². The zero-order chi connectivity index (χ0) is 15.3. The van der Waals surface area contributed by atoms with E-state index in [1.807, 2.05) is 0 Å². The average Bonchev–Trinajstić information content (AvgIpc) is 2.42. The first-order valence-corrected chi connectivity index (χ1v) is 5.86. The monoisotopic (exact) mass is 281 g/mol. The smallest absolute Gasteiger partial charge is 0.310 e. The maximum Gasteiger partial charge on any atom is 0.310 e. The molecule has 0 aliphatic heterocycles. The molecule has 0 aliphatic carbocycles. The number of amides is 2. The molecule has 0 atom stereocenters. The summed E-state index contributed by atoms with van der Waals surface area (Å²) in [6.07, 6.45) is 0. The van der Waals surface area contributed by atoms with Gasteiger partial charge in [0.2, 0.25) is 5.91 Å². The summed E-state index contributed by atoms with van der Waals surface area (Å²) in [7, 11) is 1.60. The molecule has 0 saturated carbocycles. The maximum absolute atomic E-state index is 11.7. The Bertz CT molecular complexity index is 544. The fourth-order valence-electron chi connectivity index (χ4n) is 1.39. The fourth-order valence-corrected chi connectivity index (χ4v) is 1.39. The lowest BCUT2D eigenvalue weighted by Gasteiger charge is -2.14. The van der Waals surface area contributed by atoms with E-state index in [-0.39, 0.29) is 18.0 Å². The zero-order valence-electron chi connectivity index (χ0n) is 11.1. The van der Waals surface area contributed by atoms with Crippen molar-refractivity contribution in [3.63, 3.8) is 0 Å². The first kappa shape index (κ1) is 15.4. The number of phenolic OH excluding ortho intramolecular Hbond substituents is 1. The van der Waals surface area contributed by atoms with E-state index in [1.54, 1.807) is 14.0 Å². The molecule has 0 bridgehead atoms. The summed E-state index contributed by atoms with van der Waals surface area (Å²) < 4.78 is 0. The van der Waals surface area contributed by atoms with E-state index in [1.165, 1.54) is 11.0 Å². The van der Waals surface area contributed by atoms with Gasteiger partial charge in [-0.05, 0) is 19.1 Å². The summed E-state index contributed by atoms with van der Waals surface area (Å²) in [5, 5.41) is 22.3. The lowest BCUT2D eigenvalue weighted by atomic mass is 10.2. The van der Waals surface area contributed by atoms with Crippen LogP contribution in [0.1, 0.15) is 17.3 Å². The number of hydrogen-bond donors (Lipinski definition) is 2. The summed E-state index contributed by atoms with van der Waals surface area (Å²) in [5.41, 5.74) is -0.441. The van der Waals surface area contributed by atoms with Gasteiger partial charge >= 0.3 is 5.69 Å². The number of rotatable bonds is 5. The Hall–Kier alpha value is -2.64. The highest BCUT2D eigenvalue weighted by atomic mass is 16.6. The molecular weight excluding hydrogens is 266 g/mol. The molecule has 0 spiro atoms. The molecule has 8 heteroatoms. The number of aromatic hydroxyl groups is 1. The molecule has 0 radical (unpaired) electrons. The zero-order valence-corrected chi connectivity index (χ0v) is 11.1. The van der Waals surface area contributed by atoms with Gasteiger partial charge in [0, 0.05) is 25.2 Å². The molecule has 0 aliphatic rings. The predicted octanol–water partition coefficient (Wildman–Crippen LogP) is 0.508. The van der Waals surface area contributed by atoms with Crippen LogP contribution in [0.25, 0.3) is 0 Å². The molecule has 8 nitrogen and oxygen atoms in total. The van der Waals surface area contributed by atoms with E-state index >= 15 is 0 Å². The van der Waals surface area contributed by atoms with E-state index < -0.39 is 22.3 Å². The predicted molar refractivity (Wildman–Crippen MR) is 70.4 cm³/mol. The highest BCUT2D eigenvalue weighted by Crippen LogP contribution is 2.26. The van der Waals surface area contributed by atoms with Crippen LogP contribution < -0.4 is 5.32 Å². The minimum Gasteiger partial charge on any atom is -0.502 e. The maximum atomic E-state index is 11.7. The van der Waals surface area contributed by atoms with Gasteiger partial charge in [0.05, 0.1) is 11.5 Å². The Balaban J connectivity index is 2.72. The quantitative estimate of drug-likeness (QED) is 0.603. The number of carbonyl (C=O) groups is 2. The summed E-state index contributed by atoms with van der Waals surface area (Å²) >= 11 is 0. The Kier molecular flexibility index (Phi) is 5.01. The molecule has 20 heavy (non-hydrogen) atoms. The molecular formula is C12H15N3O5. The standard InChI is InChI=1S/C12H15N3O5/c1-3-14(2)11(17)7-13-12(18)8-4-5-9(15(19)20)10(16)6-8/h4-6,16H,3,7H2,1-2H3,(H,13,18). The second-order valence-corrected chi connectivity index (χ2v) is 4.05. The van der Waals surface area contributed by atoms with Crippen molar-refractivity contribution in [1.29, 1.82) is 0 Å². The number of likely N-dealkylation sites (N-methyl/N-ethyl adjacent to an activating group) is 1. The van der Waals surface area contributed by atoms with Crippen LogP contribution in [0.15, 0.2) is 18.2 Å². The van der Waals surface area contributed by atoms with Crippen LogP contribution in [0.4, 0.5) is 5.69 Å². The Morgan fingerprint density at radius 2 is 2.10 bits per heavy atom. The fraction of sp³-hybridized carbons (Fsp3) is 0.333. The van der Waals surface area contributed by atoms with Gasteiger partial charge in [-0.25, -0.2) is 0 Å². The van der Waals surface area contributed by atoms with Crippen molar-refractivity contribution < 1.29 is 19.6 Å². The van der Waals surface area contributed by atoms with Crippen LogP contribution in [-0.4, -0.2) is 46.9 Å². The van der Waals surface area contributed by atoms with E-state index in [4.69, 9.17) is 0 Å². The van der Waals surface area contributed by atoms with Gasteiger partial charge in [-0.1, -0.05) is 0 Å². The summed E-state index contributed by atoms with van der Waals surface area (Å²) in [5.74, 6) is -1.44. The van der Waals surface area contributed by atoms with Crippen molar-refractivity contribution in [2.45, 2.75) is 6.92 Å². The van der Waals surface area contributed by atoms with Crippen molar-refractivity contribution in [3.8, 4) is 5.75 Å². The van der Waals surface area contributed by atoms with Gasteiger partial charge in [0.15, 0.2) is 5.75 Å². The number of nitro groups is 1. The van der Waals surface area contributed by atoms with Gasteiger partial charge in [-0.2, -0.15) is 0 Å². The van der Waals surface area contributed by atoms with Crippen LogP contribution in [0, 0.1) is 10.1 Å². The Morgan fingerprint density at radius 3 is 2.60 bits per heavy atom. The highest BCUT2D eigenvalue weighted by Gasteiger charge is 2.16. The van der Waals surface area contributed by atoms with Crippen LogP contribution in [0.3, 0.4) is 0 Å². The second-order valence-electron chi connectivity index (χ2n) is 4.05. The Morgan fingerprint density at radius 1 is 1.45 bits per heavy atom. The van der Waals surface area contributed by atoms with E-state index in [9.17, 15) is 24.8 Å². The third-order valence-corrected chi connectivity index (χ3v) is 2.73. The molecule has 1 aromatic rings. The van der Waals surface area contributed by atoms with Gasteiger partial charge in [-0.15, -0.1) is 0 Å². The number of carbonyl (C=O) groups excluding carboxylic acids is 2. The molecule has 0 fully saturated rings. The van der Waals surface area contributed by atoms with Gasteiger partial charge < -0.3 is 15.3 Å². The van der Waals surface area contributed by atoms with Crippen LogP contribution in [0.2, 0.25) is 0 Å². The molecule has 2 amide bonds. The Labute approximate surface area is 115 Å². The van der Waals surface area contributed by atoms with Crippen LogP contribution >= 0.6 is 0 Å². The number of nitrogens with one attached hydrogen (secondary N) is 1. The van der Waals surface area contributed by atoms with Crippen molar-refractivity contribution in [2.24, 2.45) is 0 Å². The first-order valence-electron chi connectivity index (χ1n) is 5.86.